The van der Waals surface area contributed by atoms with Gasteiger partial charge in [0.2, 0.25) is 0 Å². The number of hydrogen-bond acceptors (Lipinski definition) is 5. The molecule has 29 heavy (non-hydrogen) atoms. The molecule has 1 amide bonds. The molecule has 2 heterocycles. The van der Waals surface area contributed by atoms with E-state index in [-0.39, 0.29) is 6.09 Å². The van der Waals surface area contributed by atoms with E-state index in [1.165, 1.54) is 4.88 Å². The predicted molar refractivity (Wildman–Crippen MR) is 119 cm³/mol. The number of carbonyl (C=O) groups is 1. The zero-order chi connectivity index (χ0) is 21.4. The summed E-state index contributed by atoms with van der Waals surface area (Å²) in [5, 5.41) is 3.42. The summed E-state index contributed by atoms with van der Waals surface area (Å²) in [4.78, 5) is 26.9. The normalized spacial score (nSPS) is 16.1. The van der Waals surface area contributed by atoms with E-state index < -0.39 is 5.60 Å². The van der Waals surface area contributed by atoms with Gasteiger partial charge in [-0.1, -0.05) is 0 Å². The van der Waals surface area contributed by atoms with Crippen LogP contribution in [-0.2, 0) is 11.3 Å². The summed E-state index contributed by atoms with van der Waals surface area (Å²) >= 11 is 1.66. The summed E-state index contributed by atoms with van der Waals surface area (Å²) < 4.78 is 5.54. The maximum Gasteiger partial charge on any atom is 0.410 e. The van der Waals surface area contributed by atoms with Crippen molar-refractivity contribution in [2.24, 2.45) is 10.9 Å². The number of rotatable bonds is 6. The monoisotopic (exact) mass is 423 g/mol. The number of aliphatic imine (C=N–C) groups is 1. The van der Waals surface area contributed by atoms with Crippen LogP contribution in [0.15, 0.2) is 10.5 Å². The second-order valence-electron chi connectivity index (χ2n) is 8.48. The Hall–Kier alpha value is -1.83. The standard InChI is InChI=1S/C21H37N5O2S/c1-7-22-19(23-13-18-16(3)24-15-29-18)26-11-9-17(10-12-26)14-25(8-2)20(27)28-21(4,5)6/h15,17H,7-14H2,1-6H3,(H,22,23). The van der Waals surface area contributed by atoms with Gasteiger partial charge in [-0.05, 0) is 60.3 Å². The smallest absolute Gasteiger partial charge is 0.410 e. The molecule has 1 N–H and O–H groups in total. The number of likely N-dealkylation sites (tertiary alicyclic amines) is 1. The van der Waals surface area contributed by atoms with E-state index in [4.69, 9.17) is 9.73 Å². The highest BCUT2D eigenvalue weighted by Gasteiger charge is 2.27. The van der Waals surface area contributed by atoms with Crippen molar-refractivity contribution in [3.05, 3.63) is 16.1 Å². The SMILES string of the molecule is CCNC(=NCc1scnc1C)N1CCC(CN(CC)C(=O)OC(C)(C)C)CC1. The third-order valence-corrected chi connectivity index (χ3v) is 5.90. The van der Waals surface area contributed by atoms with Crippen LogP contribution in [0.1, 0.15) is 58.0 Å². The van der Waals surface area contributed by atoms with Crippen molar-refractivity contribution in [3.63, 3.8) is 0 Å². The minimum absolute atomic E-state index is 0.211. The lowest BCUT2D eigenvalue weighted by Crippen LogP contribution is -2.47. The van der Waals surface area contributed by atoms with Crippen LogP contribution in [0.4, 0.5) is 4.79 Å². The fourth-order valence-electron chi connectivity index (χ4n) is 3.35. The van der Waals surface area contributed by atoms with Crippen LogP contribution in [0.3, 0.4) is 0 Å². The van der Waals surface area contributed by atoms with Crippen molar-refractivity contribution < 1.29 is 9.53 Å². The van der Waals surface area contributed by atoms with Gasteiger partial charge >= 0.3 is 6.09 Å². The number of thiazole rings is 1. The van der Waals surface area contributed by atoms with E-state index in [9.17, 15) is 4.79 Å². The van der Waals surface area contributed by atoms with Crippen molar-refractivity contribution in [2.45, 2.75) is 66.5 Å². The molecule has 1 aromatic rings. The summed E-state index contributed by atoms with van der Waals surface area (Å²) in [5.41, 5.74) is 2.49. The Morgan fingerprint density at radius 2 is 2.07 bits per heavy atom. The third kappa shape index (κ3) is 7.49. The van der Waals surface area contributed by atoms with E-state index in [0.717, 1.165) is 50.7 Å². The van der Waals surface area contributed by atoms with E-state index >= 15 is 0 Å². The molecule has 0 radical (unpaired) electrons. The van der Waals surface area contributed by atoms with Crippen LogP contribution < -0.4 is 5.32 Å². The van der Waals surface area contributed by atoms with Gasteiger partial charge in [0.15, 0.2) is 5.96 Å². The first-order valence-electron chi connectivity index (χ1n) is 10.6. The Balaban J connectivity index is 1.90. The largest absolute Gasteiger partial charge is 0.444 e. The van der Waals surface area contributed by atoms with Gasteiger partial charge in [-0.2, -0.15) is 0 Å². The number of amides is 1. The lowest BCUT2D eigenvalue weighted by atomic mass is 9.96. The van der Waals surface area contributed by atoms with Crippen LogP contribution in [0.5, 0.6) is 0 Å². The molecule has 0 aromatic carbocycles. The van der Waals surface area contributed by atoms with Gasteiger partial charge in [-0.15, -0.1) is 11.3 Å². The van der Waals surface area contributed by atoms with Gasteiger partial charge in [-0.25, -0.2) is 14.8 Å². The van der Waals surface area contributed by atoms with E-state index in [2.05, 4.69) is 22.1 Å². The van der Waals surface area contributed by atoms with Crippen LogP contribution in [0, 0.1) is 12.8 Å². The first-order valence-corrected chi connectivity index (χ1v) is 11.5. The van der Waals surface area contributed by atoms with Crippen molar-refractivity contribution in [2.75, 3.05) is 32.7 Å². The molecule has 164 valence electrons. The molecule has 1 aromatic heterocycles. The van der Waals surface area contributed by atoms with Gasteiger partial charge < -0.3 is 19.9 Å². The number of carbonyl (C=O) groups excluding carboxylic acids is 1. The average Bonchev–Trinajstić information content (AvgIpc) is 3.07. The maximum absolute atomic E-state index is 12.4. The van der Waals surface area contributed by atoms with Crippen molar-refractivity contribution in [1.82, 2.24) is 20.1 Å². The van der Waals surface area contributed by atoms with E-state index in [0.29, 0.717) is 19.0 Å². The van der Waals surface area contributed by atoms with Gasteiger partial charge in [-0.3, -0.25) is 0 Å². The first-order chi connectivity index (χ1) is 13.7. The van der Waals surface area contributed by atoms with Crippen molar-refractivity contribution in [1.29, 1.82) is 0 Å². The lowest BCUT2D eigenvalue weighted by Gasteiger charge is -2.36. The molecular formula is C21H37N5O2S. The minimum Gasteiger partial charge on any atom is -0.444 e. The molecule has 1 aliphatic rings. The van der Waals surface area contributed by atoms with E-state index in [1.807, 2.05) is 45.0 Å². The van der Waals surface area contributed by atoms with Crippen LogP contribution in [0.25, 0.3) is 0 Å². The number of aromatic nitrogens is 1. The zero-order valence-corrected chi connectivity index (χ0v) is 19.6. The molecular weight excluding hydrogens is 386 g/mol. The number of piperidine rings is 1. The minimum atomic E-state index is -0.457. The highest BCUT2D eigenvalue weighted by Crippen LogP contribution is 2.21. The molecule has 8 heteroatoms. The van der Waals surface area contributed by atoms with Gasteiger partial charge in [0.1, 0.15) is 5.60 Å². The summed E-state index contributed by atoms with van der Waals surface area (Å²) in [5.74, 6) is 1.46. The molecule has 0 bridgehead atoms. The highest BCUT2D eigenvalue weighted by molar-refractivity contribution is 7.09. The quantitative estimate of drug-likeness (QED) is 0.555. The Labute approximate surface area is 179 Å². The maximum atomic E-state index is 12.4. The molecule has 2 rings (SSSR count). The number of nitrogens with zero attached hydrogens (tertiary/aromatic N) is 4. The molecule has 1 fully saturated rings. The molecule has 1 saturated heterocycles. The highest BCUT2D eigenvalue weighted by atomic mass is 32.1. The van der Waals surface area contributed by atoms with Crippen molar-refractivity contribution >= 4 is 23.4 Å². The Bertz CT molecular complexity index is 675. The average molecular weight is 424 g/mol. The Morgan fingerprint density at radius 1 is 1.38 bits per heavy atom. The van der Waals surface area contributed by atoms with Crippen LogP contribution >= 0.6 is 11.3 Å². The first kappa shape index (κ1) is 23.4. The number of nitrogens with one attached hydrogen (secondary N) is 1. The van der Waals surface area contributed by atoms with E-state index in [1.54, 1.807) is 11.3 Å². The predicted octanol–water partition coefficient (Wildman–Crippen LogP) is 3.89. The number of guanidine groups is 1. The molecule has 0 spiro atoms. The van der Waals surface area contributed by atoms with Gasteiger partial charge in [0.05, 0.1) is 17.7 Å². The number of ether oxygens (including phenoxy) is 1. The Kier molecular flexibility index (Phi) is 8.74. The summed E-state index contributed by atoms with van der Waals surface area (Å²) in [6, 6.07) is 0. The molecule has 1 aliphatic heterocycles. The van der Waals surface area contributed by atoms with Crippen LogP contribution in [0.2, 0.25) is 0 Å². The molecule has 0 unspecified atom stereocenters. The number of hydrogen-bond donors (Lipinski definition) is 1. The second kappa shape index (κ2) is 10.8. The van der Waals surface area contributed by atoms with Gasteiger partial charge in [0, 0.05) is 37.6 Å². The molecule has 0 aliphatic carbocycles. The fraction of sp³-hybridized carbons (Fsp3) is 0.762. The lowest BCUT2D eigenvalue weighted by molar-refractivity contribution is 0.0214. The Morgan fingerprint density at radius 3 is 2.59 bits per heavy atom. The zero-order valence-electron chi connectivity index (χ0n) is 18.8. The van der Waals surface area contributed by atoms with Crippen LogP contribution in [-0.4, -0.2) is 65.2 Å². The van der Waals surface area contributed by atoms with Crippen molar-refractivity contribution in [3.8, 4) is 0 Å². The van der Waals surface area contributed by atoms with Gasteiger partial charge in [0.25, 0.3) is 0 Å². The molecule has 0 saturated carbocycles. The fourth-order valence-corrected chi connectivity index (χ4v) is 4.05. The topological polar surface area (TPSA) is 70.1 Å². The number of aryl methyl sites for hydroxylation is 1. The summed E-state index contributed by atoms with van der Waals surface area (Å²) in [7, 11) is 0. The molecule has 0 atom stereocenters. The summed E-state index contributed by atoms with van der Waals surface area (Å²) in [6.45, 7) is 16.7. The third-order valence-electron chi connectivity index (χ3n) is 4.98. The second-order valence-corrected chi connectivity index (χ2v) is 9.42. The summed E-state index contributed by atoms with van der Waals surface area (Å²) in [6.07, 6.45) is 1.88. The molecule has 7 nitrogen and oxygen atoms in total.